The first-order chi connectivity index (χ1) is 3.41. The molecule has 0 amide bonds. The van der Waals surface area contributed by atoms with Gasteiger partial charge < -0.3 is 0 Å². The van der Waals surface area contributed by atoms with Crippen molar-refractivity contribution in [3.63, 3.8) is 0 Å². The Morgan fingerprint density at radius 2 is 1.86 bits per heavy atom. The lowest BCUT2D eigenvalue weighted by atomic mass is 10.5. The Morgan fingerprint density at radius 1 is 1.14 bits per heavy atom. The van der Waals surface area contributed by atoms with E-state index < -0.39 is 0 Å². The van der Waals surface area contributed by atoms with Crippen LogP contribution in [0.3, 0.4) is 0 Å². The molecule has 0 saturated heterocycles. The van der Waals surface area contributed by atoms with Crippen LogP contribution in [0, 0.1) is 6.58 Å². The predicted molar refractivity (Wildman–Crippen MR) is 33.0 cm³/mol. The van der Waals surface area contributed by atoms with Crippen molar-refractivity contribution in [2.75, 3.05) is 0 Å². The number of hydrogen-bond donors (Lipinski definition) is 0. The maximum atomic E-state index is 5.15. The van der Waals surface area contributed by atoms with Crippen LogP contribution < -0.4 is 0 Å². The van der Waals surface area contributed by atoms with Crippen LogP contribution in [-0.2, 0) is 0 Å². The van der Waals surface area contributed by atoms with Gasteiger partial charge in [0.05, 0.1) is 0 Å². The van der Waals surface area contributed by atoms with Gasteiger partial charge in [-0.3, -0.25) is 0 Å². The normalized spacial score (nSPS) is 11.0. The SMILES string of the molecule is [CH]=C/C=C/C=C/Cl. The summed E-state index contributed by atoms with van der Waals surface area (Å²) in [5, 5.41) is 0. The standard InChI is InChI=1S/C6H6Cl/c1-2-3-4-5-6-7/h1-6H/b2-1?,4-3+,6-5+. The minimum atomic E-state index is 1.42. The largest absolute Gasteiger partial charge is 0.0930 e. The molecule has 0 aliphatic rings. The molecule has 0 aromatic carbocycles. The molecule has 0 aromatic rings. The van der Waals surface area contributed by atoms with Crippen molar-refractivity contribution in [3.8, 4) is 0 Å². The van der Waals surface area contributed by atoms with Crippen LogP contribution in [0.25, 0.3) is 0 Å². The molecule has 1 radical (unpaired) electrons. The third-order valence-corrected chi connectivity index (χ3v) is 0.552. The van der Waals surface area contributed by atoms with E-state index in [9.17, 15) is 0 Å². The van der Waals surface area contributed by atoms with Gasteiger partial charge in [0.2, 0.25) is 0 Å². The first-order valence-electron chi connectivity index (χ1n) is 1.88. The van der Waals surface area contributed by atoms with Gasteiger partial charge in [-0.1, -0.05) is 42.5 Å². The topological polar surface area (TPSA) is 0 Å². The lowest BCUT2D eigenvalue weighted by Gasteiger charge is -1.63. The molecular formula is C6H6Cl. The highest BCUT2D eigenvalue weighted by molar-refractivity contribution is 6.25. The molecule has 0 rings (SSSR count). The molecule has 0 unspecified atom stereocenters. The summed E-state index contributed by atoms with van der Waals surface area (Å²) in [4.78, 5) is 0. The molecule has 0 bridgehead atoms. The zero-order chi connectivity index (χ0) is 5.54. The van der Waals surface area contributed by atoms with E-state index in [1.165, 1.54) is 11.6 Å². The Bertz CT molecular complexity index is 90.4. The van der Waals surface area contributed by atoms with Gasteiger partial charge in [0.1, 0.15) is 0 Å². The van der Waals surface area contributed by atoms with Crippen molar-refractivity contribution >= 4 is 11.6 Å². The molecule has 0 aliphatic carbocycles. The fourth-order valence-corrected chi connectivity index (χ4v) is 0.254. The molecule has 0 fully saturated rings. The van der Waals surface area contributed by atoms with Crippen molar-refractivity contribution in [1.29, 1.82) is 0 Å². The Morgan fingerprint density at radius 3 is 2.29 bits per heavy atom. The van der Waals surface area contributed by atoms with Gasteiger partial charge in [-0.15, -0.1) is 0 Å². The summed E-state index contributed by atoms with van der Waals surface area (Å²) in [6.45, 7) is 4.98. The molecule has 0 aromatic heterocycles. The van der Waals surface area contributed by atoms with Gasteiger partial charge >= 0.3 is 0 Å². The van der Waals surface area contributed by atoms with Crippen molar-refractivity contribution < 1.29 is 0 Å². The molecule has 1 heteroatoms. The average Bonchev–Trinajstić information content (AvgIpc) is 1.69. The van der Waals surface area contributed by atoms with Crippen LogP contribution in [-0.4, -0.2) is 0 Å². The molecule has 0 saturated carbocycles. The Kier molecular flexibility index (Phi) is 5.12. The molecule has 37 valence electrons. The molecule has 0 aliphatic heterocycles. The molecule has 0 N–H and O–H groups in total. The smallest absolute Gasteiger partial charge is 0.00424 e. The van der Waals surface area contributed by atoms with Gasteiger partial charge in [-0.2, -0.15) is 0 Å². The first-order valence-corrected chi connectivity index (χ1v) is 2.32. The Hall–Kier alpha value is -0.490. The van der Waals surface area contributed by atoms with Crippen molar-refractivity contribution in [3.05, 3.63) is 36.4 Å². The summed E-state index contributed by atoms with van der Waals surface area (Å²) in [6.07, 6.45) is 6.56. The van der Waals surface area contributed by atoms with E-state index >= 15 is 0 Å². The number of rotatable bonds is 2. The lowest BCUT2D eigenvalue weighted by molar-refractivity contribution is 1.95. The van der Waals surface area contributed by atoms with Crippen molar-refractivity contribution in [1.82, 2.24) is 0 Å². The van der Waals surface area contributed by atoms with E-state index in [1.807, 2.05) is 0 Å². The van der Waals surface area contributed by atoms with E-state index in [0.717, 1.165) is 0 Å². The molecular weight excluding hydrogens is 108 g/mol. The summed E-state index contributed by atoms with van der Waals surface area (Å²) in [5.74, 6) is 0. The summed E-state index contributed by atoms with van der Waals surface area (Å²) >= 11 is 5.15. The fraction of sp³-hybridized carbons (Fsp3) is 0. The number of hydrogen-bond acceptors (Lipinski definition) is 0. The van der Waals surface area contributed by atoms with Gasteiger partial charge in [-0.25, -0.2) is 0 Å². The summed E-state index contributed by atoms with van der Waals surface area (Å²) in [5.41, 5.74) is 1.42. The van der Waals surface area contributed by atoms with Crippen LogP contribution in [0.5, 0.6) is 0 Å². The fourth-order valence-electron chi connectivity index (χ4n) is 0.170. The minimum absolute atomic E-state index is 1.42. The van der Waals surface area contributed by atoms with E-state index in [1.54, 1.807) is 18.2 Å². The van der Waals surface area contributed by atoms with Gasteiger partial charge in [0.25, 0.3) is 0 Å². The van der Waals surface area contributed by atoms with Crippen LogP contribution in [0.4, 0.5) is 0 Å². The molecule has 0 nitrogen and oxygen atoms in total. The molecule has 0 heterocycles. The van der Waals surface area contributed by atoms with Crippen molar-refractivity contribution in [2.45, 2.75) is 0 Å². The minimum Gasteiger partial charge on any atom is -0.0930 e. The maximum Gasteiger partial charge on any atom is 0.00424 e. The quantitative estimate of drug-likeness (QED) is 0.482. The van der Waals surface area contributed by atoms with Gasteiger partial charge in [0, 0.05) is 5.54 Å². The van der Waals surface area contributed by atoms with Gasteiger partial charge in [-0.05, 0) is 0 Å². The molecule has 0 atom stereocenters. The zero-order valence-corrected chi connectivity index (χ0v) is 4.60. The second-order valence-electron chi connectivity index (χ2n) is 0.896. The van der Waals surface area contributed by atoms with E-state index in [-0.39, 0.29) is 0 Å². The summed E-state index contributed by atoms with van der Waals surface area (Å²) in [7, 11) is 0. The van der Waals surface area contributed by atoms with Crippen molar-refractivity contribution in [2.24, 2.45) is 0 Å². The van der Waals surface area contributed by atoms with Crippen LogP contribution in [0.15, 0.2) is 29.8 Å². The maximum absolute atomic E-state index is 5.15. The van der Waals surface area contributed by atoms with Crippen LogP contribution >= 0.6 is 11.6 Å². The van der Waals surface area contributed by atoms with E-state index in [4.69, 9.17) is 18.2 Å². The zero-order valence-electron chi connectivity index (χ0n) is 3.84. The lowest BCUT2D eigenvalue weighted by Crippen LogP contribution is -1.41. The van der Waals surface area contributed by atoms with Crippen LogP contribution in [0.2, 0.25) is 0 Å². The number of allylic oxidation sites excluding steroid dienone is 4. The van der Waals surface area contributed by atoms with Crippen LogP contribution in [0.1, 0.15) is 0 Å². The van der Waals surface area contributed by atoms with E-state index in [2.05, 4.69) is 0 Å². The Balaban J connectivity index is 3.27. The summed E-state index contributed by atoms with van der Waals surface area (Å²) in [6, 6.07) is 0. The van der Waals surface area contributed by atoms with Gasteiger partial charge in [0.15, 0.2) is 0 Å². The molecule has 7 heavy (non-hydrogen) atoms. The highest BCUT2D eigenvalue weighted by Crippen LogP contribution is 1.79. The Labute approximate surface area is 48.8 Å². The highest BCUT2D eigenvalue weighted by atomic mass is 35.5. The average molecular weight is 114 g/mol. The predicted octanol–water partition coefficient (Wildman–Crippen LogP) is 2.28. The molecule has 0 spiro atoms. The first kappa shape index (κ1) is 6.51. The monoisotopic (exact) mass is 113 g/mol. The van der Waals surface area contributed by atoms with E-state index in [0.29, 0.717) is 0 Å². The highest BCUT2D eigenvalue weighted by Gasteiger charge is 1.53. The third-order valence-electron chi connectivity index (χ3n) is 0.406. The number of halogens is 1. The summed E-state index contributed by atoms with van der Waals surface area (Å²) < 4.78 is 0. The second-order valence-corrected chi connectivity index (χ2v) is 1.15. The third kappa shape index (κ3) is 5.51. The second kappa shape index (κ2) is 5.51.